The maximum atomic E-state index is 10.2. The molecule has 1 saturated heterocycles. The molecule has 0 unspecified atom stereocenters. The summed E-state index contributed by atoms with van der Waals surface area (Å²) in [5, 5.41) is 10.2. The maximum absolute atomic E-state index is 10.2. The highest BCUT2D eigenvalue weighted by Gasteiger charge is 2.17. The molecule has 118 valence electrons. The van der Waals surface area contributed by atoms with Crippen LogP contribution in [0.15, 0.2) is 12.1 Å². The Labute approximate surface area is 128 Å². The number of ether oxygens (including phenoxy) is 1. The number of aryl methyl sites for hydroxylation is 2. The van der Waals surface area contributed by atoms with E-state index in [1.165, 1.54) is 11.1 Å². The lowest BCUT2D eigenvalue weighted by Gasteiger charge is -2.33. The van der Waals surface area contributed by atoms with Gasteiger partial charge in [0.15, 0.2) is 0 Å². The van der Waals surface area contributed by atoms with Crippen molar-refractivity contribution in [2.24, 2.45) is 0 Å². The van der Waals surface area contributed by atoms with Crippen molar-refractivity contribution in [3.63, 3.8) is 0 Å². The second kappa shape index (κ2) is 7.25. The first-order chi connectivity index (χ1) is 9.95. The Balaban J connectivity index is 1.82. The van der Waals surface area contributed by atoms with Crippen molar-refractivity contribution in [3.05, 3.63) is 28.8 Å². The minimum atomic E-state index is -0.436. The summed E-state index contributed by atoms with van der Waals surface area (Å²) in [7, 11) is 2.14. The molecule has 0 aliphatic carbocycles. The molecule has 1 heterocycles. The normalized spacial score (nSPS) is 18.7. The average molecular weight is 292 g/mol. The van der Waals surface area contributed by atoms with Gasteiger partial charge < -0.3 is 14.7 Å². The fourth-order valence-electron chi connectivity index (χ4n) is 2.72. The second-order valence-corrected chi connectivity index (χ2v) is 6.27. The van der Waals surface area contributed by atoms with Crippen LogP contribution in [0.25, 0.3) is 0 Å². The molecule has 1 aliphatic rings. The number of hydrogen-bond donors (Lipinski definition) is 1. The molecule has 1 N–H and O–H groups in total. The lowest BCUT2D eigenvalue weighted by molar-refractivity contribution is 0.0503. The van der Waals surface area contributed by atoms with Gasteiger partial charge in [0.25, 0.3) is 0 Å². The highest BCUT2D eigenvalue weighted by atomic mass is 16.5. The average Bonchev–Trinajstić information content (AvgIpc) is 2.44. The van der Waals surface area contributed by atoms with Crippen molar-refractivity contribution >= 4 is 0 Å². The Morgan fingerprint density at radius 2 is 1.81 bits per heavy atom. The minimum absolute atomic E-state index is 0.357. The van der Waals surface area contributed by atoms with Gasteiger partial charge in [-0.1, -0.05) is 6.07 Å². The lowest BCUT2D eigenvalue weighted by atomic mass is 10.1. The van der Waals surface area contributed by atoms with E-state index >= 15 is 0 Å². The van der Waals surface area contributed by atoms with E-state index in [0.29, 0.717) is 13.2 Å². The van der Waals surface area contributed by atoms with Crippen molar-refractivity contribution in [1.82, 2.24) is 9.80 Å². The molecule has 0 saturated carbocycles. The number of piperazine rings is 1. The molecule has 1 atom stereocenters. The molecule has 0 radical (unpaired) electrons. The number of likely N-dealkylation sites (N-methyl/N-ethyl adjacent to an activating group) is 1. The van der Waals surface area contributed by atoms with E-state index in [0.717, 1.165) is 37.5 Å². The first-order valence-corrected chi connectivity index (χ1v) is 7.75. The zero-order chi connectivity index (χ0) is 15.4. The summed E-state index contributed by atoms with van der Waals surface area (Å²) in [6.07, 6.45) is -0.436. The lowest BCUT2D eigenvalue weighted by Crippen LogP contribution is -2.47. The summed E-state index contributed by atoms with van der Waals surface area (Å²) in [5.74, 6) is 0.893. The van der Waals surface area contributed by atoms with Crippen LogP contribution in [0.4, 0.5) is 0 Å². The van der Waals surface area contributed by atoms with Gasteiger partial charge in [-0.2, -0.15) is 0 Å². The largest absolute Gasteiger partial charge is 0.491 e. The number of hydrogen-bond acceptors (Lipinski definition) is 4. The zero-order valence-corrected chi connectivity index (χ0v) is 13.7. The third kappa shape index (κ3) is 4.70. The van der Waals surface area contributed by atoms with Gasteiger partial charge >= 0.3 is 0 Å². The SMILES string of the molecule is Cc1cc(C)c(C)c(OC[C@H](O)CN2CCN(C)CC2)c1. The molecule has 0 aromatic heterocycles. The molecule has 0 bridgehead atoms. The molecule has 1 fully saturated rings. The van der Waals surface area contributed by atoms with E-state index in [1.807, 2.05) is 6.07 Å². The summed E-state index contributed by atoms with van der Waals surface area (Å²) in [6.45, 7) is 11.5. The van der Waals surface area contributed by atoms with Crippen LogP contribution in [0.2, 0.25) is 0 Å². The van der Waals surface area contributed by atoms with Gasteiger partial charge in [0.2, 0.25) is 0 Å². The van der Waals surface area contributed by atoms with E-state index < -0.39 is 6.10 Å². The van der Waals surface area contributed by atoms with Crippen LogP contribution in [0.5, 0.6) is 5.75 Å². The molecule has 0 amide bonds. The summed E-state index contributed by atoms with van der Waals surface area (Å²) in [4.78, 5) is 4.63. The van der Waals surface area contributed by atoms with Gasteiger partial charge in [-0.25, -0.2) is 0 Å². The number of rotatable bonds is 5. The van der Waals surface area contributed by atoms with Crippen LogP contribution in [-0.2, 0) is 0 Å². The molecule has 1 aromatic rings. The van der Waals surface area contributed by atoms with Gasteiger partial charge in [0.05, 0.1) is 0 Å². The van der Waals surface area contributed by atoms with Gasteiger partial charge in [-0.05, 0) is 50.6 Å². The molecule has 1 aromatic carbocycles. The number of aliphatic hydroxyl groups is 1. The van der Waals surface area contributed by atoms with E-state index in [-0.39, 0.29) is 0 Å². The second-order valence-electron chi connectivity index (χ2n) is 6.27. The topological polar surface area (TPSA) is 35.9 Å². The molecule has 0 spiro atoms. The van der Waals surface area contributed by atoms with E-state index in [4.69, 9.17) is 4.74 Å². The molecular formula is C17H28N2O2. The van der Waals surface area contributed by atoms with E-state index in [9.17, 15) is 5.11 Å². The molecule has 4 heteroatoms. The first kappa shape index (κ1) is 16.3. The van der Waals surface area contributed by atoms with Crippen LogP contribution >= 0.6 is 0 Å². The maximum Gasteiger partial charge on any atom is 0.122 e. The van der Waals surface area contributed by atoms with Crippen LogP contribution in [-0.4, -0.2) is 67.4 Å². The van der Waals surface area contributed by atoms with Crippen LogP contribution < -0.4 is 4.74 Å². The van der Waals surface area contributed by atoms with Gasteiger partial charge in [0.1, 0.15) is 18.5 Å². The molecule has 4 nitrogen and oxygen atoms in total. The number of aliphatic hydroxyl groups excluding tert-OH is 1. The predicted molar refractivity (Wildman–Crippen MR) is 86.1 cm³/mol. The van der Waals surface area contributed by atoms with Crippen molar-refractivity contribution in [2.75, 3.05) is 46.4 Å². The van der Waals surface area contributed by atoms with Crippen molar-refractivity contribution in [1.29, 1.82) is 0 Å². The predicted octanol–water partition coefficient (Wildman–Crippen LogP) is 1.60. The molecular weight excluding hydrogens is 264 g/mol. The summed E-state index contributed by atoms with van der Waals surface area (Å²) in [6, 6.07) is 4.20. The first-order valence-electron chi connectivity index (χ1n) is 7.75. The van der Waals surface area contributed by atoms with Gasteiger partial charge in [0, 0.05) is 32.7 Å². The van der Waals surface area contributed by atoms with Crippen molar-refractivity contribution in [3.8, 4) is 5.75 Å². The highest BCUT2D eigenvalue weighted by molar-refractivity contribution is 5.41. The smallest absolute Gasteiger partial charge is 0.122 e. The third-order valence-corrected chi connectivity index (χ3v) is 4.26. The van der Waals surface area contributed by atoms with E-state index in [1.54, 1.807) is 0 Å². The van der Waals surface area contributed by atoms with E-state index in [2.05, 4.69) is 43.7 Å². The minimum Gasteiger partial charge on any atom is -0.491 e. The van der Waals surface area contributed by atoms with Crippen molar-refractivity contribution < 1.29 is 9.84 Å². The molecule has 1 aliphatic heterocycles. The van der Waals surface area contributed by atoms with Crippen LogP contribution in [0.3, 0.4) is 0 Å². The molecule has 2 rings (SSSR count). The Bertz CT molecular complexity index is 468. The number of β-amino-alcohol motifs (C(OH)–C–C–N with tert-alkyl or cyclic N) is 1. The molecule has 21 heavy (non-hydrogen) atoms. The summed E-state index contributed by atoms with van der Waals surface area (Å²) in [5.41, 5.74) is 3.59. The van der Waals surface area contributed by atoms with Gasteiger partial charge in [-0.15, -0.1) is 0 Å². The Kier molecular flexibility index (Phi) is 5.62. The highest BCUT2D eigenvalue weighted by Crippen LogP contribution is 2.23. The number of benzene rings is 1. The monoisotopic (exact) mass is 292 g/mol. The standard InChI is InChI=1S/C17H28N2O2/c1-13-9-14(2)15(3)17(10-13)21-12-16(20)11-19-7-5-18(4)6-8-19/h9-10,16,20H,5-8,11-12H2,1-4H3/t16-/m1/s1. The van der Waals surface area contributed by atoms with Crippen LogP contribution in [0.1, 0.15) is 16.7 Å². The number of nitrogens with zero attached hydrogens (tertiary/aromatic N) is 2. The zero-order valence-electron chi connectivity index (χ0n) is 13.7. The van der Waals surface area contributed by atoms with Crippen molar-refractivity contribution in [2.45, 2.75) is 26.9 Å². The Morgan fingerprint density at radius 1 is 1.14 bits per heavy atom. The summed E-state index contributed by atoms with van der Waals surface area (Å²) >= 11 is 0. The quantitative estimate of drug-likeness (QED) is 0.894. The summed E-state index contributed by atoms with van der Waals surface area (Å²) < 4.78 is 5.84. The fraction of sp³-hybridized carbons (Fsp3) is 0.647. The Morgan fingerprint density at radius 3 is 2.48 bits per heavy atom. The van der Waals surface area contributed by atoms with Crippen LogP contribution in [0, 0.1) is 20.8 Å². The fourth-order valence-corrected chi connectivity index (χ4v) is 2.72. The van der Waals surface area contributed by atoms with Gasteiger partial charge in [-0.3, -0.25) is 4.90 Å². The Hall–Kier alpha value is -1.10. The third-order valence-electron chi connectivity index (χ3n) is 4.26.